The maximum atomic E-state index is 12.7. The third kappa shape index (κ3) is 4.11. The van der Waals surface area contributed by atoms with Crippen molar-refractivity contribution in [3.8, 4) is 0 Å². The number of nitrogens with one attached hydrogen (secondary N) is 2. The molecule has 2 N–H and O–H groups in total. The first-order valence-corrected chi connectivity index (χ1v) is 9.90. The number of rotatable bonds is 4. The van der Waals surface area contributed by atoms with E-state index in [1.54, 1.807) is 30.3 Å². The van der Waals surface area contributed by atoms with Crippen LogP contribution in [0.25, 0.3) is 17.0 Å². The fourth-order valence-electron chi connectivity index (χ4n) is 3.65. The number of pyridine rings is 1. The molecule has 0 aliphatic carbocycles. The molecule has 2 aromatic heterocycles. The molecule has 0 fully saturated rings. The molecular formula is C23H25N5O2. The summed E-state index contributed by atoms with van der Waals surface area (Å²) in [6.07, 6.45) is 6.90. The Kier molecular flexibility index (Phi) is 5.37. The quantitative estimate of drug-likeness (QED) is 0.656. The van der Waals surface area contributed by atoms with Crippen LogP contribution in [-0.4, -0.2) is 52.2 Å². The van der Waals surface area contributed by atoms with Crippen molar-refractivity contribution in [1.29, 1.82) is 0 Å². The number of nitrogens with zero attached hydrogens (tertiary/aromatic N) is 3. The molecule has 3 heterocycles. The summed E-state index contributed by atoms with van der Waals surface area (Å²) in [4.78, 5) is 35.7. The van der Waals surface area contributed by atoms with Gasteiger partial charge in [0.2, 0.25) is 11.8 Å². The SMILES string of the molecule is CC(c1ccc2[nH]ccc2c1)N(C)C(=O)/C=C/c1cnc2c(c1)CN(C)CC(=O)N2. The van der Waals surface area contributed by atoms with Gasteiger partial charge in [-0.1, -0.05) is 6.07 Å². The second kappa shape index (κ2) is 8.12. The van der Waals surface area contributed by atoms with Crippen LogP contribution in [-0.2, 0) is 16.1 Å². The first kappa shape index (κ1) is 19.8. The number of hydrogen-bond acceptors (Lipinski definition) is 4. The van der Waals surface area contributed by atoms with Crippen LogP contribution in [0.15, 0.2) is 48.8 Å². The van der Waals surface area contributed by atoms with Crippen molar-refractivity contribution >= 4 is 34.6 Å². The number of aromatic amines is 1. The van der Waals surface area contributed by atoms with E-state index in [4.69, 9.17) is 0 Å². The predicted octanol–water partition coefficient (Wildman–Crippen LogP) is 3.18. The van der Waals surface area contributed by atoms with Gasteiger partial charge in [0.15, 0.2) is 0 Å². The molecule has 7 heteroatoms. The molecule has 0 saturated carbocycles. The highest BCUT2D eigenvalue weighted by molar-refractivity contribution is 5.93. The van der Waals surface area contributed by atoms with Gasteiger partial charge in [-0.05, 0) is 60.8 Å². The van der Waals surface area contributed by atoms with Crippen molar-refractivity contribution in [2.45, 2.75) is 19.5 Å². The Labute approximate surface area is 175 Å². The second-order valence-electron chi connectivity index (χ2n) is 7.78. The van der Waals surface area contributed by atoms with Crippen LogP contribution >= 0.6 is 0 Å². The van der Waals surface area contributed by atoms with Crippen molar-refractivity contribution in [2.75, 3.05) is 26.0 Å². The third-order valence-corrected chi connectivity index (χ3v) is 5.51. The molecule has 154 valence electrons. The standard InChI is InChI=1S/C23H25N5O2/c1-15(17-5-6-20-18(11-17)8-9-24-20)28(3)22(30)7-4-16-10-19-13-27(2)14-21(29)26-23(19)25-12-16/h4-12,15,24H,13-14H2,1-3H3,(H,25,26,29)/b7-4+. The highest BCUT2D eigenvalue weighted by Crippen LogP contribution is 2.24. The van der Waals surface area contributed by atoms with Gasteiger partial charge in [-0.3, -0.25) is 14.5 Å². The first-order valence-electron chi connectivity index (χ1n) is 9.90. The Bertz CT molecular complexity index is 1130. The van der Waals surface area contributed by atoms with Crippen molar-refractivity contribution in [2.24, 2.45) is 0 Å². The van der Waals surface area contributed by atoms with Gasteiger partial charge in [0.05, 0.1) is 12.6 Å². The number of likely N-dealkylation sites (N-methyl/N-ethyl adjacent to an activating group) is 2. The van der Waals surface area contributed by atoms with Gasteiger partial charge in [0.25, 0.3) is 0 Å². The summed E-state index contributed by atoms with van der Waals surface area (Å²) in [7, 11) is 3.69. The van der Waals surface area contributed by atoms with E-state index in [2.05, 4.69) is 21.4 Å². The molecule has 0 saturated heterocycles. The maximum Gasteiger partial charge on any atom is 0.246 e. The molecule has 0 spiro atoms. The van der Waals surface area contributed by atoms with Crippen molar-refractivity contribution < 1.29 is 9.59 Å². The van der Waals surface area contributed by atoms with E-state index in [9.17, 15) is 9.59 Å². The molecule has 0 bridgehead atoms. The third-order valence-electron chi connectivity index (χ3n) is 5.51. The Morgan fingerprint density at radius 2 is 2.10 bits per heavy atom. The minimum atomic E-state index is -0.0861. The molecule has 1 aliphatic heterocycles. The highest BCUT2D eigenvalue weighted by Gasteiger charge is 2.18. The molecule has 7 nitrogen and oxygen atoms in total. The largest absolute Gasteiger partial charge is 0.361 e. The lowest BCUT2D eigenvalue weighted by Gasteiger charge is -2.24. The normalized spacial score (nSPS) is 15.6. The van der Waals surface area contributed by atoms with Crippen molar-refractivity contribution in [3.63, 3.8) is 0 Å². The Hall–Kier alpha value is -3.45. The van der Waals surface area contributed by atoms with Gasteiger partial charge in [-0.2, -0.15) is 0 Å². The first-order chi connectivity index (χ1) is 14.4. The smallest absolute Gasteiger partial charge is 0.246 e. The molecule has 0 radical (unpaired) electrons. The van der Waals surface area contributed by atoms with Crippen LogP contribution in [0.2, 0.25) is 0 Å². The lowest BCUT2D eigenvalue weighted by Crippen LogP contribution is -2.27. The molecule has 1 atom stereocenters. The van der Waals surface area contributed by atoms with E-state index in [-0.39, 0.29) is 17.9 Å². The summed E-state index contributed by atoms with van der Waals surface area (Å²) >= 11 is 0. The van der Waals surface area contributed by atoms with E-state index < -0.39 is 0 Å². The van der Waals surface area contributed by atoms with E-state index in [0.29, 0.717) is 18.9 Å². The van der Waals surface area contributed by atoms with E-state index in [0.717, 1.165) is 27.6 Å². The lowest BCUT2D eigenvalue weighted by molar-refractivity contribution is -0.126. The fraction of sp³-hybridized carbons (Fsp3) is 0.261. The molecule has 1 unspecified atom stereocenters. The van der Waals surface area contributed by atoms with Crippen LogP contribution in [0, 0.1) is 0 Å². The van der Waals surface area contributed by atoms with Gasteiger partial charge in [-0.25, -0.2) is 4.98 Å². The van der Waals surface area contributed by atoms with Crippen LogP contribution in [0.4, 0.5) is 5.82 Å². The monoisotopic (exact) mass is 403 g/mol. The summed E-state index contributed by atoms with van der Waals surface area (Å²) in [5.41, 5.74) is 3.91. The number of fused-ring (bicyclic) bond motifs is 2. The molecule has 4 rings (SSSR count). The molecule has 1 aliphatic rings. The zero-order valence-electron chi connectivity index (χ0n) is 17.3. The fourth-order valence-corrected chi connectivity index (χ4v) is 3.65. The van der Waals surface area contributed by atoms with Crippen LogP contribution in [0.5, 0.6) is 0 Å². The molecule has 1 aromatic carbocycles. The van der Waals surface area contributed by atoms with Gasteiger partial charge in [-0.15, -0.1) is 0 Å². The van der Waals surface area contributed by atoms with E-state index >= 15 is 0 Å². The van der Waals surface area contributed by atoms with Crippen LogP contribution < -0.4 is 5.32 Å². The average molecular weight is 403 g/mol. The van der Waals surface area contributed by atoms with Gasteiger partial charge in [0.1, 0.15) is 5.82 Å². The minimum Gasteiger partial charge on any atom is -0.361 e. The number of benzene rings is 1. The summed E-state index contributed by atoms with van der Waals surface area (Å²) in [6.45, 7) is 2.97. The zero-order valence-corrected chi connectivity index (χ0v) is 17.3. The number of carbonyl (C=O) groups is 2. The van der Waals surface area contributed by atoms with Crippen LogP contribution in [0.3, 0.4) is 0 Å². The van der Waals surface area contributed by atoms with E-state index in [1.165, 1.54) is 0 Å². The minimum absolute atomic E-state index is 0.0597. The van der Waals surface area contributed by atoms with Gasteiger partial charge < -0.3 is 15.2 Å². The topological polar surface area (TPSA) is 81.3 Å². The van der Waals surface area contributed by atoms with Crippen molar-refractivity contribution in [1.82, 2.24) is 19.8 Å². The average Bonchev–Trinajstić information content (AvgIpc) is 3.14. The number of H-pyrrole nitrogens is 1. The highest BCUT2D eigenvalue weighted by atomic mass is 16.2. The summed E-state index contributed by atoms with van der Waals surface area (Å²) in [5, 5.41) is 3.94. The lowest BCUT2D eigenvalue weighted by atomic mass is 10.1. The Morgan fingerprint density at radius 1 is 1.27 bits per heavy atom. The number of hydrogen-bond donors (Lipinski definition) is 2. The number of aromatic nitrogens is 2. The number of anilines is 1. The van der Waals surface area contributed by atoms with E-state index in [1.807, 2.05) is 49.3 Å². The number of amides is 2. The summed E-state index contributed by atoms with van der Waals surface area (Å²) < 4.78 is 0. The van der Waals surface area contributed by atoms with Gasteiger partial charge >= 0.3 is 0 Å². The molecule has 2 amide bonds. The zero-order chi connectivity index (χ0) is 21.3. The predicted molar refractivity (Wildman–Crippen MR) is 118 cm³/mol. The van der Waals surface area contributed by atoms with Crippen LogP contribution in [0.1, 0.15) is 29.7 Å². The maximum absolute atomic E-state index is 12.7. The number of carbonyl (C=O) groups excluding carboxylic acids is 2. The molecular weight excluding hydrogens is 378 g/mol. The molecule has 3 aromatic rings. The molecule has 30 heavy (non-hydrogen) atoms. The summed E-state index contributed by atoms with van der Waals surface area (Å²) in [6, 6.07) is 10.1. The second-order valence-corrected chi connectivity index (χ2v) is 7.78. The Balaban J connectivity index is 1.48. The Morgan fingerprint density at radius 3 is 2.93 bits per heavy atom. The summed E-state index contributed by atoms with van der Waals surface area (Å²) in [5.74, 6) is 0.423. The van der Waals surface area contributed by atoms with Gasteiger partial charge in [0, 0.05) is 43.1 Å². The van der Waals surface area contributed by atoms with Crippen molar-refractivity contribution in [3.05, 3.63) is 65.5 Å².